The van der Waals surface area contributed by atoms with Crippen LogP contribution in [0.5, 0.6) is 0 Å². The third kappa shape index (κ3) is 5.35. The number of halogens is 2. The van der Waals surface area contributed by atoms with E-state index in [1.54, 1.807) is 24.3 Å². The van der Waals surface area contributed by atoms with E-state index in [1.165, 1.54) is 10.4 Å². The molecule has 0 radical (unpaired) electrons. The van der Waals surface area contributed by atoms with Gasteiger partial charge >= 0.3 is 0 Å². The molecule has 0 atom stereocenters. The molecule has 30 heavy (non-hydrogen) atoms. The van der Waals surface area contributed by atoms with E-state index < -0.39 is 32.6 Å². The van der Waals surface area contributed by atoms with Crippen LogP contribution >= 0.6 is 11.6 Å². The Bertz CT molecular complexity index is 1040. The first-order valence-electron chi connectivity index (χ1n) is 9.41. The molecule has 0 bridgehead atoms. The Balaban J connectivity index is 1.67. The second-order valence-electron chi connectivity index (χ2n) is 6.85. The number of amides is 2. The van der Waals surface area contributed by atoms with Crippen LogP contribution in [0, 0.1) is 5.82 Å². The molecule has 1 aliphatic rings. The van der Waals surface area contributed by atoms with Gasteiger partial charge in [0.1, 0.15) is 10.7 Å². The summed E-state index contributed by atoms with van der Waals surface area (Å²) in [5, 5.41) is 5.51. The molecular weight excluding hydrogens is 433 g/mol. The average molecular weight is 454 g/mol. The van der Waals surface area contributed by atoms with E-state index >= 15 is 0 Å². The quantitative estimate of drug-likeness (QED) is 0.702. The van der Waals surface area contributed by atoms with Crippen molar-refractivity contribution in [2.75, 3.05) is 25.0 Å². The maximum atomic E-state index is 14.3. The summed E-state index contributed by atoms with van der Waals surface area (Å²) >= 11 is 5.78. The van der Waals surface area contributed by atoms with Crippen LogP contribution in [0.4, 0.5) is 10.1 Å². The van der Waals surface area contributed by atoms with Crippen LogP contribution < -0.4 is 10.6 Å². The predicted molar refractivity (Wildman–Crippen MR) is 111 cm³/mol. The number of piperidine rings is 1. The monoisotopic (exact) mass is 453 g/mol. The smallest absolute Gasteiger partial charge is 0.251 e. The van der Waals surface area contributed by atoms with Gasteiger partial charge < -0.3 is 10.6 Å². The van der Waals surface area contributed by atoms with Crippen LogP contribution in [0.25, 0.3) is 0 Å². The van der Waals surface area contributed by atoms with Crippen molar-refractivity contribution in [1.82, 2.24) is 9.62 Å². The van der Waals surface area contributed by atoms with E-state index in [2.05, 4.69) is 10.6 Å². The van der Waals surface area contributed by atoms with Crippen LogP contribution in [-0.4, -0.2) is 44.2 Å². The number of anilines is 1. The van der Waals surface area contributed by atoms with Gasteiger partial charge in [0.2, 0.25) is 15.9 Å². The number of nitrogens with one attached hydrogen (secondary N) is 2. The minimum Gasteiger partial charge on any atom is -0.343 e. The highest BCUT2D eigenvalue weighted by Gasteiger charge is 2.29. The molecule has 1 aliphatic heterocycles. The third-order valence-corrected chi connectivity index (χ3v) is 6.83. The van der Waals surface area contributed by atoms with Crippen LogP contribution in [0.1, 0.15) is 29.6 Å². The number of hydrogen-bond donors (Lipinski definition) is 2. The minimum absolute atomic E-state index is 0.0497. The zero-order valence-corrected chi connectivity index (χ0v) is 17.6. The standard InChI is InChI=1S/C20H21ClFN3O4S/c21-15-5-7-16(8-6-15)24-19(26)13-23-20(27)14-4-9-17(22)18(12-14)30(28,29)25-10-2-1-3-11-25/h4-9,12H,1-3,10-11,13H2,(H,23,27)(H,24,26). The number of carbonyl (C=O) groups excluding carboxylic acids is 2. The van der Waals surface area contributed by atoms with Crippen molar-refractivity contribution in [3.63, 3.8) is 0 Å². The molecule has 1 heterocycles. The van der Waals surface area contributed by atoms with E-state index in [-0.39, 0.29) is 12.1 Å². The normalized spacial score (nSPS) is 14.9. The molecule has 0 saturated carbocycles. The van der Waals surface area contributed by atoms with Gasteiger partial charge in [0, 0.05) is 29.4 Å². The van der Waals surface area contributed by atoms with Gasteiger partial charge in [-0.3, -0.25) is 9.59 Å². The van der Waals surface area contributed by atoms with Crippen molar-refractivity contribution in [3.05, 3.63) is 58.9 Å². The molecule has 1 fully saturated rings. The van der Waals surface area contributed by atoms with Crippen molar-refractivity contribution >= 4 is 39.1 Å². The summed E-state index contributed by atoms with van der Waals surface area (Å²) in [6.07, 6.45) is 2.35. The van der Waals surface area contributed by atoms with Crippen LogP contribution in [0.3, 0.4) is 0 Å². The molecule has 1 saturated heterocycles. The zero-order chi connectivity index (χ0) is 21.7. The van der Waals surface area contributed by atoms with Gasteiger partial charge in [-0.2, -0.15) is 4.31 Å². The summed E-state index contributed by atoms with van der Waals surface area (Å²) in [4.78, 5) is 23.8. The highest BCUT2D eigenvalue weighted by atomic mass is 35.5. The number of benzene rings is 2. The summed E-state index contributed by atoms with van der Waals surface area (Å²) in [5.74, 6) is -2.08. The Morgan fingerprint density at radius 3 is 2.37 bits per heavy atom. The molecule has 2 aromatic rings. The van der Waals surface area contributed by atoms with E-state index in [4.69, 9.17) is 11.6 Å². The summed E-state index contributed by atoms with van der Waals surface area (Å²) in [7, 11) is -4.04. The molecule has 0 aromatic heterocycles. The van der Waals surface area contributed by atoms with Gasteiger partial charge in [0.05, 0.1) is 6.54 Å². The topological polar surface area (TPSA) is 95.6 Å². The van der Waals surface area contributed by atoms with Crippen LogP contribution in [0.15, 0.2) is 47.4 Å². The Hall–Kier alpha value is -2.49. The first-order chi connectivity index (χ1) is 14.3. The highest BCUT2D eigenvalue weighted by molar-refractivity contribution is 7.89. The Kier molecular flexibility index (Phi) is 7.06. The van der Waals surface area contributed by atoms with Crippen molar-refractivity contribution in [2.45, 2.75) is 24.2 Å². The van der Waals surface area contributed by atoms with Gasteiger partial charge in [-0.15, -0.1) is 0 Å². The van der Waals surface area contributed by atoms with Crippen LogP contribution in [-0.2, 0) is 14.8 Å². The molecular formula is C20H21ClFN3O4S. The first kappa shape index (κ1) is 22.2. The number of rotatable bonds is 6. The van der Waals surface area contributed by atoms with E-state index in [1.807, 2.05) is 0 Å². The summed E-state index contributed by atoms with van der Waals surface area (Å²) in [6.45, 7) is 0.305. The first-order valence-corrected chi connectivity index (χ1v) is 11.2. The third-order valence-electron chi connectivity index (χ3n) is 4.66. The molecule has 0 unspecified atom stereocenters. The maximum absolute atomic E-state index is 14.3. The van der Waals surface area contributed by atoms with Gasteiger partial charge in [-0.25, -0.2) is 12.8 Å². The SMILES string of the molecule is O=C(CNC(=O)c1ccc(F)c(S(=O)(=O)N2CCCCC2)c1)Nc1ccc(Cl)cc1. The Labute approximate surface area is 179 Å². The highest BCUT2D eigenvalue weighted by Crippen LogP contribution is 2.24. The van der Waals surface area contributed by atoms with Gasteiger partial charge in [0.25, 0.3) is 5.91 Å². The molecule has 7 nitrogen and oxygen atoms in total. The number of hydrogen-bond acceptors (Lipinski definition) is 4. The second kappa shape index (κ2) is 9.55. The van der Waals surface area contributed by atoms with E-state index in [0.29, 0.717) is 36.6 Å². The van der Waals surface area contributed by atoms with E-state index in [0.717, 1.165) is 18.6 Å². The summed E-state index contributed by atoms with van der Waals surface area (Å²) in [6, 6.07) is 9.57. The zero-order valence-electron chi connectivity index (χ0n) is 16.0. The molecule has 3 rings (SSSR count). The van der Waals surface area contributed by atoms with Gasteiger partial charge in [-0.05, 0) is 55.3 Å². The van der Waals surface area contributed by atoms with Crippen LogP contribution in [0.2, 0.25) is 5.02 Å². The second-order valence-corrected chi connectivity index (χ2v) is 9.19. The Morgan fingerprint density at radius 1 is 1.03 bits per heavy atom. The van der Waals surface area contributed by atoms with Gasteiger partial charge in [0.15, 0.2) is 0 Å². The molecule has 2 N–H and O–H groups in total. The number of sulfonamides is 1. The largest absolute Gasteiger partial charge is 0.343 e. The fraction of sp³-hybridized carbons (Fsp3) is 0.300. The minimum atomic E-state index is -4.04. The molecule has 2 amide bonds. The van der Waals surface area contributed by atoms with Crippen molar-refractivity contribution in [2.24, 2.45) is 0 Å². The lowest BCUT2D eigenvalue weighted by atomic mass is 10.2. The van der Waals surface area contributed by atoms with Crippen molar-refractivity contribution in [3.8, 4) is 0 Å². The molecule has 160 valence electrons. The fourth-order valence-electron chi connectivity index (χ4n) is 3.09. The van der Waals surface area contributed by atoms with Crippen molar-refractivity contribution < 1.29 is 22.4 Å². The molecule has 2 aromatic carbocycles. The molecule has 10 heteroatoms. The molecule has 0 spiro atoms. The lowest BCUT2D eigenvalue weighted by Gasteiger charge is -2.26. The Morgan fingerprint density at radius 2 is 1.70 bits per heavy atom. The summed E-state index contributed by atoms with van der Waals surface area (Å²) in [5.41, 5.74) is 0.460. The van der Waals surface area contributed by atoms with E-state index in [9.17, 15) is 22.4 Å². The lowest BCUT2D eigenvalue weighted by Crippen LogP contribution is -2.36. The number of carbonyl (C=O) groups is 2. The lowest BCUT2D eigenvalue weighted by molar-refractivity contribution is -0.115. The number of nitrogens with zero attached hydrogens (tertiary/aromatic N) is 1. The predicted octanol–water partition coefficient (Wildman–Crippen LogP) is 3.02. The molecule has 0 aliphatic carbocycles. The average Bonchev–Trinajstić information content (AvgIpc) is 2.74. The summed E-state index contributed by atoms with van der Waals surface area (Å²) < 4.78 is 41.0. The maximum Gasteiger partial charge on any atom is 0.251 e. The fourth-order valence-corrected chi connectivity index (χ4v) is 4.82. The van der Waals surface area contributed by atoms with Crippen molar-refractivity contribution in [1.29, 1.82) is 0 Å². The van der Waals surface area contributed by atoms with Gasteiger partial charge in [-0.1, -0.05) is 18.0 Å².